The number of hydrogen-bond acceptors (Lipinski definition) is 3. The molecule has 0 saturated carbocycles. The zero-order chi connectivity index (χ0) is 14.8. The molecule has 2 nitrogen and oxygen atoms in total. The van der Waals surface area contributed by atoms with Gasteiger partial charge in [0, 0.05) is 11.1 Å². The number of halogens is 3. The van der Waals surface area contributed by atoms with Gasteiger partial charge in [-0.2, -0.15) is 18.4 Å². The predicted octanol–water partition coefficient (Wildman–Crippen LogP) is 4.43. The van der Waals surface area contributed by atoms with Gasteiger partial charge in [0.1, 0.15) is 5.03 Å². The molecule has 6 heteroatoms. The Morgan fingerprint density at radius 1 is 1.20 bits per heavy atom. The first-order chi connectivity index (χ1) is 9.40. The lowest BCUT2D eigenvalue weighted by Crippen LogP contribution is -2.04. The number of benzene rings is 1. The minimum Gasteiger partial charge on any atom is -0.249 e. The van der Waals surface area contributed by atoms with Crippen molar-refractivity contribution in [3.63, 3.8) is 0 Å². The van der Waals surface area contributed by atoms with Crippen LogP contribution in [0.25, 0.3) is 0 Å². The molecule has 20 heavy (non-hydrogen) atoms. The number of nitriles is 1. The van der Waals surface area contributed by atoms with Crippen molar-refractivity contribution in [2.75, 3.05) is 0 Å². The first-order valence-corrected chi connectivity index (χ1v) is 6.43. The van der Waals surface area contributed by atoms with E-state index in [1.165, 1.54) is 17.8 Å². The minimum absolute atomic E-state index is 0.474. The highest BCUT2D eigenvalue weighted by Gasteiger charge is 2.30. The Labute approximate surface area is 118 Å². The molecular formula is C14H9F3N2S. The van der Waals surface area contributed by atoms with Gasteiger partial charge in [-0.1, -0.05) is 11.8 Å². The number of rotatable bonds is 2. The van der Waals surface area contributed by atoms with Gasteiger partial charge < -0.3 is 0 Å². The molecule has 0 aliphatic heterocycles. The van der Waals surface area contributed by atoms with E-state index in [4.69, 9.17) is 5.26 Å². The summed E-state index contributed by atoms with van der Waals surface area (Å²) >= 11 is 1.25. The van der Waals surface area contributed by atoms with Crippen molar-refractivity contribution >= 4 is 11.8 Å². The van der Waals surface area contributed by atoms with Crippen LogP contribution in [-0.4, -0.2) is 4.98 Å². The summed E-state index contributed by atoms with van der Waals surface area (Å²) in [7, 11) is 0. The topological polar surface area (TPSA) is 36.7 Å². The van der Waals surface area contributed by atoms with E-state index in [0.29, 0.717) is 10.6 Å². The van der Waals surface area contributed by atoms with Crippen LogP contribution in [0.1, 0.15) is 16.7 Å². The number of pyridine rings is 1. The van der Waals surface area contributed by atoms with Gasteiger partial charge in [-0.3, -0.25) is 0 Å². The molecule has 1 heterocycles. The molecule has 102 valence electrons. The quantitative estimate of drug-likeness (QED) is 0.822. The van der Waals surface area contributed by atoms with Gasteiger partial charge in [0.25, 0.3) is 0 Å². The zero-order valence-electron chi connectivity index (χ0n) is 10.4. The maximum Gasteiger partial charge on any atom is 0.417 e. The second-order valence-corrected chi connectivity index (χ2v) is 5.17. The molecule has 0 N–H and O–H groups in total. The van der Waals surface area contributed by atoms with Gasteiger partial charge in [0.15, 0.2) is 0 Å². The van der Waals surface area contributed by atoms with Crippen LogP contribution in [0, 0.1) is 18.3 Å². The van der Waals surface area contributed by atoms with E-state index in [9.17, 15) is 13.2 Å². The molecule has 0 atom stereocenters. The number of nitrogens with zero attached hydrogens (tertiary/aromatic N) is 2. The molecule has 0 bridgehead atoms. The number of alkyl halides is 3. The van der Waals surface area contributed by atoms with E-state index >= 15 is 0 Å². The van der Waals surface area contributed by atoms with Crippen molar-refractivity contribution in [1.82, 2.24) is 4.98 Å². The molecule has 1 aromatic carbocycles. The molecular weight excluding hydrogens is 285 g/mol. The Morgan fingerprint density at radius 3 is 2.45 bits per heavy atom. The molecule has 0 aliphatic rings. The number of aryl methyl sites for hydroxylation is 1. The van der Waals surface area contributed by atoms with Gasteiger partial charge in [-0.25, -0.2) is 4.98 Å². The second kappa shape index (κ2) is 5.55. The van der Waals surface area contributed by atoms with Crippen LogP contribution in [0.2, 0.25) is 0 Å². The smallest absolute Gasteiger partial charge is 0.249 e. The summed E-state index contributed by atoms with van der Waals surface area (Å²) in [5.74, 6) is 0. The van der Waals surface area contributed by atoms with Crippen LogP contribution < -0.4 is 0 Å². The highest BCUT2D eigenvalue weighted by Crippen LogP contribution is 2.31. The molecule has 0 fully saturated rings. The van der Waals surface area contributed by atoms with E-state index in [2.05, 4.69) is 11.1 Å². The van der Waals surface area contributed by atoms with Crippen molar-refractivity contribution in [2.24, 2.45) is 0 Å². The lowest BCUT2D eigenvalue weighted by Gasteiger charge is -2.07. The summed E-state index contributed by atoms with van der Waals surface area (Å²) in [4.78, 5) is 4.62. The monoisotopic (exact) mass is 294 g/mol. The molecule has 0 spiro atoms. The highest BCUT2D eigenvalue weighted by atomic mass is 32.2. The summed E-state index contributed by atoms with van der Waals surface area (Å²) in [6, 6.07) is 9.64. The Hall–Kier alpha value is -2.00. The third-order valence-electron chi connectivity index (χ3n) is 2.60. The lowest BCUT2D eigenvalue weighted by atomic mass is 10.1. The van der Waals surface area contributed by atoms with E-state index in [1.54, 1.807) is 12.1 Å². The number of aromatic nitrogens is 1. The maximum atomic E-state index is 12.4. The van der Waals surface area contributed by atoms with E-state index < -0.39 is 11.7 Å². The SMILES string of the molecule is Cc1cc(Sc2ccc(C(F)(F)F)cn2)ccc1C#N. The standard InChI is InChI=1S/C14H9F3N2S/c1-9-6-12(4-2-10(9)7-18)20-13-5-3-11(8-19-13)14(15,16)17/h2-6,8H,1H3. The van der Waals surface area contributed by atoms with Gasteiger partial charge in [-0.05, 0) is 42.8 Å². The van der Waals surface area contributed by atoms with Crippen molar-refractivity contribution in [1.29, 1.82) is 5.26 Å². The summed E-state index contributed by atoms with van der Waals surface area (Å²) in [5, 5.41) is 9.30. The van der Waals surface area contributed by atoms with E-state index in [1.807, 2.05) is 13.0 Å². The van der Waals surface area contributed by atoms with E-state index in [0.717, 1.165) is 22.7 Å². The van der Waals surface area contributed by atoms with Gasteiger partial charge in [0.2, 0.25) is 0 Å². The van der Waals surface area contributed by atoms with Crippen LogP contribution in [0.15, 0.2) is 46.5 Å². The third-order valence-corrected chi connectivity index (χ3v) is 3.54. The van der Waals surface area contributed by atoms with Crippen molar-refractivity contribution in [3.8, 4) is 6.07 Å². The molecule has 2 rings (SSSR count). The maximum absolute atomic E-state index is 12.4. The minimum atomic E-state index is -4.37. The summed E-state index contributed by atoms with van der Waals surface area (Å²) in [5.41, 5.74) is 0.636. The second-order valence-electron chi connectivity index (χ2n) is 4.07. The lowest BCUT2D eigenvalue weighted by molar-refractivity contribution is -0.137. The Kier molecular flexibility index (Phi) is 4.00. The third kappa shape index (κ3) is 3.31. The average molecular weight is 294 g/mol. The fourth-order valence-corrected chi connectivity index (χ4v) is 2.41. The van der Waals surface area contributed by atoms with Crippen LogP contribution in [0.5, 0.6) is 0 Å². The van der Waals surface area contributed by atoms with Crippen LogP contribution in [0.4, 0.5) is 13.2 Å². The van der Waals surface area contributed by atoms with Crippen LogP contribution >= 0.6 is 11.8 Å². The Bertz CT molecular complexity index is 658. The molecule has 0 unspecified atom stereocenters. The highest BCUT2D eigenvalue weighted by molar-refractivity contribution is 7.99. The van der Waals surface area contributed by atoms with Gasteiger partial charge in [-0.15, -0.1) is 0 Å². The fourth-order valence-electron chi connectivity index (χ4n) is 1.55. The first-order valence-electron chi connectivity index (χ1n) is 5.62. The normalized spacial score (nSPS) is 11.2. The van der Waals surface area contributed by atoms with Gasteiger partial charge >= 0.3 is 6.18 Å². The molecule has 1 aromatic heterocycles. The molecule has 0 radical (unpaired) electrons. The summed E-state index contributed by atoms with van der Waals surface area (Å²) < 4.78 is 37.2. The van der Waals surface area contributed by atoms with E-state index in [-0.39, 0.29) is 0 Å². The molecule has 0 aliphatic carbocycles. The number of hydrogen-bond donors (Lipinski definition) is 0. The Morgan fingerprint density at radius 2 is 1.95 bits per heavy atom. The molecule has 0 amide bonds. The summed E-state index contributed by atoms with van der Waals surface area (Å²) in [6.45, 7) is 1.81. The molecule has 2 aromatic rings. The van der Waals surface area contributed by atoms with Crippen molar-refractivity contribution in [3.05, 3.63) is 53.2 Å². The largest absolute Gasteiger partial charge is 0.417 e. The average Bonchev–Trinajstić information content (AvgIpc) is 2.38. The predicted molar refractivity (Wildman–Crippen MR) is 69.3 cm³/mol. The molecule has 0 saturated heterocycles. The first kappa shape index (κ1) is 14.4. The fraction of sp³-hybridized carbons (Fsp3) is 0.143. The zero-order valence-corrected chi connectivity index (χ0v) is 11.2. The summed E-state index contributed by atoms with van der Waals surface area (Å²) in [6.07, 6.45) is -3.56. The van der Waals surface area contributed by atoms with Crippen molar-refractivity contribution in [2.45, 2.75) is 23.0 Å². The van der Waals surface area contributed by atoms with Gasteiger partial charge in [0.05, 0.1) is 17.2 Å². The van der Waals surface area contributed by atoms with Crippen LogP contribution in [-0.2, 0) is 6.18 Å². The van der Waals surface area contributed by atoms with Crippen LogP contribution in [0.3, 0.4) is 0 Å². The van der Waals surface area contributed by atoms with Crippen molar-refractivity contribution < 1.29 is 13.2 Å². The Balaban J connectivity index is 2.19.